The number of carbonyl (C=O) groups excluding carboxylic acids is 3. The minimum Gasteiger partial charge on any atom is -0.386 e. The molecule has 3 rings (SSSR count). The van der Waals surface area contributed by atoms with Gasteiger partial charge in [0, 0.05) is 30.7 Å². The van der Waals surface area contributed by atoms with E-state index in [0.717, 1.165) is 54.7 Å². The van der Waals surface area contributed by atoms with Gasteiger partial charge in [-0.05, 0) is 6.42 Å². The van der Waals surface area contributed by atoms with Crippen LogP contribution in [0.15, 0.2) is 12.7 Å². The molecule has 8 atom stereocenters. The molecule has 0 spiro atoms. The number of hydrogen-bond donors (Lipinski definition) is 10. The summed E-state index contributed by atoms with van der Waals surface area (Å²) in [5.74, 6) is -1.29. The molecule has 366 valence electrons. The number of amides is 2. The molecule has 0 radical (unpaired) electrons. The van der Waals surface area contributed by atoms with Gasteiger partial charge in [-0.15, -0.1) is 0 Å². The standard InChI is InChI=1S/C35H62N7O18P3S/c1-4-5-6-7-8-9-10-11-12-13-14-23(43)34(48)64-18-17-37-25(44)15-16-38-32(47)29(46)35(2,3)20-57-63(54,55)60-62(52,53)56-19-24-28(59-61(49,50)51)27(45)33(58-24)42-22-41-26-30(36)39-21-40-31(26)42/h21-24,27-29,33,43,45-46H,4-20H2,1-3H3,(H,37,44)(H,38,47)(H,52,53)(H,54,55)(H2,36,39,40)(H2,49,50,51)/t23?,24-,27-,28-,29?,33-/m1/s1. The zero-order valence-electron chi connectivity index (χ0n) is 35.9. The van der Waals surface area contributed by atoms with Crippen LogP contribution in [0.25, 0.3) is 11.2 Å². The molecule has 2 aromatic rings. The third-order valence-electron chi connectivity index (χ3n) is 9.85. The monoisotopic (exact) mass is 993 g/mol. The van der Waals surface area contributed by atoms with Gasteiger partial charge in [0.1, 0.15) is 42.4 Å². The number of thioether (sulfide) groups is 1. The number of anilines is 1. The predicted octanol–water partition coefficient (Wildman–Crippen LogP) is 2.34. The third kappa shape index (κ3) is 19.0. The van der Waals surface area contributed by atoms with Gasteiger partial charge in [-0.3, -0.25) is 32.5 Å². The number of aliphatic hydroxyl groups excluding tert-OH is 3. The summed E-state index contributed by atoms with van der Waals surface area (Å²) in [7, 11) is -16.4. The van der Waals surface area contributed by atoms with Gasteiger partial charge in [0.05, 0.1) is 19.5 Å². The normalized spacial score (nSPS) is 21.0. The van der Waals surface area contributed by atoms with Crippen LogP contribution in [0.2, 0.25) is 0 Å². The van der Waals surface area contributed by atoms with Gasteiger partial charge in [-0.1, -0.05) is 96.7 Å². The average molecular weight is 994 g/mol. The zero-order chi connectivity index (χ0) is 47.7. The number of nitrogens with one attached hydrogen (secondary N) is 2. The summed E-state index contributed by atoms with van der Waals surface area (Å²) in [4.78, 5) is 88.2. The fraction of sp³-hybridized carbons (Fsp3) is 0.771. The quantitative estimate of drug-likeness (QED) is 0.0383. The number of carbonyl (C=O) groups is 3. The Morgan fingerprint density at radius 3 is 2.19 bits per heavy atom. The van der Waals surface area contributed by atoms with Crippen LogP contribution in [0.3, 0.4) is 0 Å². The van der Waals surface area contributed by atoms with Crippen molar-refractivity contribution >= 4 is 69.1 Å². The van der Waals surface area contributed by atoms with Crippen LogP contribution in [0.4, 0.5) is 5.82 Å². The Morgan fingerprint density at radius 1 is 0.922 bits per heavy atom. The number of aliphatic hydroxyl groups is 3. The van der Waals surface area contributed by atoms with E-state index in [2.05, 4.69) is 41.3 Å². The largest absolute Gasteiger partial charge is 0.481 e. The van der Waals surface area contributed by atoms with Gasteiger partial charge in [-0.2, -0.15) is 4.31 Å². The number of nitrogen functional groups attached to an aromatic ring is 1. The number of aromatic nitrogens is 4. The molecule has 0 bridgehead atoms. The number of fused-ring (bicyclic) bond motifs is 1. The Bertz CT molecular complexity index is 1960. The molecule has 0 aliphatic carbocycles. The minimum atomic E-state index is -5.58. The van der Waals surface area contributed by atoms with Crippen LogP contribution < -0.4 is 16.4 Å². The Kier molecular flexibility index (Phi) is 22.8. The van der Waals surface area contributed by atoms with Gasteiger partial charge >= 0.3 is 23.5 Å². The number of phosphoric ester groups is 3. The lowest BCUT2D eigenvalue weighted by atomic mass is 9.87. The zero-order valence-corrected chi connectivity index (χ0v) is 39.4. The number of unbranched alkanes of at least 4 members (excludes halogenated alkanes) is 9. The lowest BCUT2D eigenvalue weighted by Gasteiger charge is -2.30. The molecule has 1 saturated heterocycles. The lowest BCUT2D eigenvalue weighted by Crippen LogP contribution is -2.46. The summed E-state index contributed by atoms with van der Waals surface area (Å²) in [6.07, 6.45) is 3.72. The lowest BCUT2D eigenvalue weighted by molar-refractivity contribution is -0.137. The second kappa shape index (κ2) is 26.2. The second-order valence-corrected chi connectivity index (χ2v) is 21.1. The van der Waals surface area contributed by atoms with E-state index in [1.54, 1.807) is 0 Å². The molecule has 25 nitrogen and oxygen atoms in total. The Balaban J connectivity index is 1.36. The number of ether oxygens (including phenoxy) is 1. The molecule has 2 aromatic heterocycles. The van der Waals surface area contributed by atoms with Gasteiger partial charge in [0.2, 0.25) is 16.9 Å². The summed E-state index contributed by atoms with van der Waals surface area (Å²) < 4.78 is 62.3. The van der Waals surface area contributed by atoms with Gasteiger partial charge in [0.25, 0.3) is 0 Å². The van der Waals surface area contributed by atoms with Gasteiger partial charge in [-0.25, -0.2) is 28.6 Å². The van der Waals surface area contributed by atoms with E-state index in [0.29, 0.717) is 6.42 Å². The van der Waals surface area contributed by atoms with Crippen molar-refractivity contribution in [1.82, 2.24) is 30.2 Å². The topological polar surface area (TPSA) is 384 Å². The molecule has 2 amide bonds. The highest BCUT2D eigenvalue weighted by Gasteiger charge is 2.50. The molecular weight excluding hydrogens is 931 g/mol. The van der Waals surface area contributed by atoms with Crippen molar-refractivity contribution in [3.8, 4) is 0 Å². The summed E-state index contributed by atoms with van der Waals surface area (Å²) in [5.41, 5.74) is 4.25. The summed E-state index contributed by atoms with van der Waals surface area (Å²) in [6.45, 7) is 2.54. The molecule has 3 heterocycles. The molecule has 29 heteroatoms. The number of nitrogens with two attached hydrogens (primary N) is 1. The number of nitrogens with zero attached hydrogens (tertiary/aromatic N) is 4. The highest BCUT2D eigenvalue weighted by atomic mass is 32.2. The number of rotatable bonds is 31. The van der Waals surface area contributed by atoms with Crippen molar-refractivity contribution in [2.75, 3.05) is 37.8 Å². The van der Waals surface area contributed by atoms with Crippen molar-refractivity contribution in [2.45, 2.75) is 135 Å². The summed E-state index contributed by atoms with van der Waals surface area (Å²) in [6, 6.07) is 0. The first-order chi connectivity index (χ1) is 30.0. The first-order valence-electron chi connectivity index (χ1n) is 20.7. The van der Waals surface area contributed by atoms with Crippen LogP contribution in [0.1, 0.15) is 104 Å². The van der Waals surface area contributed by atoms with Crippen molar-refractivity contribution in [1.29, 1.82) is 0 Å². The molecule has 1 aliphatic rings. The highest BCUT2D eigenvalue weighted by Crippen LogP contribution is 2.61. The number of imidazole rings is 1. The molecule has 1 fully saturated rings. The van der Waals surface area contributed by atoms with Crippen LogP contribution in [0, 0.1) is 5.41 Å². The van der Waals surface area contributed by atoms with E-state index in [1.165, 1.54) is 52.4 Å². The summed E-state index contributed by atoms with van der Waals surface area (Å²) in [5, 5.41) is 36.2. The Morgan fingerprint density at radius 2 is 1.55 bits per heavy atom. The van der Waals surface area contributed by atoms with Crippen molar-refractivity contribution < 1.29 is 85.6 Å². The fourth-order valence-corrected chi connectivity index (χ4v) is 9.87. The van der Waals surface area contributed by atoms with Crippen molar-refractivity contribution in [3.05, 3.63) is 12.7 Å². The number of hydrogen-bond acceptors (Lipinski definition) is 19. The van der Waals surface area contributed by atoms with E-state index < -0.39 is 90.7 Å². The number of phosphoric acid groups is 3. The SMILES string of the molecule is CCCCCCCCCCCCC(O)C(=O)SCCNC(=O)CCNC(=O)C(O)C(C)(C)COP(=O)(O)OP(=O)(O)OC[C@H]1O[C@@H](n2cnc3c(N)ncnc32)[C@H](O)[C@@H]1OP(=O)(O)O. The van der Waals surface area contributed by atoms with E-state index in [1.807, 2.05) is 0 Å². The maximum absolute atomic E-state index is 12.7. The first kappa shape index (κ1) is 55.8. The third-order valence-corrected chi connectivity index (χ3v) is 13.9. The maximum Gasteiger partial charge on any atom is 0.481 e. The molecule has 11 N–H and O–H groups in total. The van der Waals surface area contributed by atoms with Gasteiger partial charge < -0.3 is 56.0 Å². The average Bonchev–Trinajstić information content (AvgIpc) is 3.78. The van der Waals surface area contributed by atoms with Crippen molar-refractivity contribution in [3.63, 3.8) is 0 Å². The summed E-state index contributed by atoms with van der Waals surface area (Å²) >= 11 is 0.910. The first-order valence-corrected chi connectivity index (χ1v) is 26.2. The highest BCUT2D eigenvalue weighted by molar-refractivity contribution is 8.13. The minimum absolute atomic E-state index is 0.0274. The maximum atomic E-state index is 12.7. The molecular formula is C35H62N7O18P3S. The van der Waals surface area contributed by atoms with Crippen LogP contribution in [-0.2, 0) is 50.7 Å². The predicted molar refractivity (Wildman–Crippen MR) is 230 cm³/mol. The molecule has 0 aromatic carbocycles. The molecule has 4 unspecified atom stereocenters. The molecule has 1 aliphatic heterocycles. The Labute approximate surface area is 374 Å². The van der Waals surface area contributed by atoms with E-state index in [9.17, 15) is 63.0 Å². The smallest absolute Gasteiger partial charge is 0.386 e. The Hall–Kier alpha value is -2.48. The molecule has 64 heavy (non-hydrogen) atoms. The van der Waals surface area contributed by atoms with Crippen LogP contribution in [0.5, 0.6) is 0 Å². The van der Waals surface area contributed by atoms with Gasteiger partial charge in [0.15, 0.2) is 17.7 Å². The van der Waals surface area contributed by atoms with E-state index in [-0.39, 0.29) is 47.4 Å². The van der Waals surface area contributed by atoms with E-state index in [4.69, 9.17) is 19.5 Å². The van der Waals surface area contributed by atoms with E-state index >= 15 is 0 Å². The van der Waals surface area contributed by atoms with Crippen LogP contribution >= 0.6 is 35.2 Å². The van der Waals surface area contributed by atoms with Crippen molar-refractivity contribution in [2.24, 2.45) is 5.41 Å². The second-order valence-electron chi connectivity index (χ2n) is 15.7. The molecule has 0 saturated carbocycles. The van der Waals surface area contributed by atoms with Crippen LogP contribution in [-0.4, -0.2) is 134 Å². The fourth-order valence-electron chi connectivity index (χ4n) is 6.32.